The summed E-state index contributed by atoms with van der Waals surface area (Å²) in [7, 11) is 0. The topological polar surface area (TPSA) is 44.7 Å². The van der Waals surface area contributed by atoms with Crippen molar-refractivity contribution in [3.05, 3.63) is 64.7 Å². The molecule has 5 heteroatoms. The maximum atomic E-state index is 12.1. The van der Waals surface area contributed by atoms with Crippen LogP contribution in [-0.4, -0.2) is 29.9 Å². The number of nitrogens with zero attached hydrogens (tertiary/aromatic N) is 2. The molecule has 0 radical (unpaired) electrons. The Morgan fingerprint density at radius 3 is 2.91 bits per heavy atom. The van der Waals surface area contributed by atoms with E-state index in [1.165, 1.54) is 0 Å². The molecule has 22 heavy (non-hydrogen) atoms. The summed E-state index contributed by atoms with van der Waals surface area (Å²) in [5.74, 6) is 0.737. The molecular formula is C17H14ClN3O. The fourth-order valence-corrected chi connectivity index (χ4v) is 3.25. The Kier molecular flexibility index (Phi) is 3.12. The SMILES string of the molecule is O=C1CN=C2Nc3ccccc3C(c3cccc(Cl)c3)CN12. The minimum atomic E-state index is 0.0299. The summed E-state index contributed by atoms with van der Waals surface area (Å²) in [6, 6.07) is 15.9. The third-order valence-corrected chi connectivity index (χ3v) is 4.35. The molecule has 1 amide bonds. The van der Waals surface area contributed by atoms with Crippen molar-refractivity contribution in [1.29, 1.82) is 0 Å². The molecule has 0 aromatic heterocycles. The molecule has 2 aromatic carbocycles. The van der Waals surface area contributed by atoms with Gasteiger partial charge in [0, 0.05) is 23.2 Å². The third kappa shape index (κ3) is 2.16. The average Bonchev–Trinajstić information content (AvgIpc) is 2.78. The molecule has 1 unspecified atom stereocenters. The van der Waals surface area contributed by atoms with E-state index in [2.05, 4.69) is 22.4 Å². The van der Waals surface area contributed by atoms with Crippen LogP contribution >= 0.6 is 11.6 Å². The van der Waals surface area contributed by atoms with Gasteiger partial charge in [0.1, 0.15) is 6.54 Å². The number of carbonyl (C=O) groups is 1. The van der Waals surface area contributed by atoms with Crippen LogP contribution in [-0.2, 0) is 4.79 Å². The molecule has 4 nitrogen and oxygen atoms in total. The largest absolute Gasteiger partial charge is 0.326 e. The van der Waals surface area contributed by atoms with E-state index in [9.17, 15) is 4.79 Å². The molecule has 0 bridgehead atoms. The predicted molar refractivity (Wildman–Crippen MR) is 87.4 cm³/mol. The number of hydrogen-bond acceptors (Lipinski definition) is 3. The van der Waals surface area contributed by atoms with E-state index in [0.717, 1.165) is 16.8 Å². The number of anilines is 1. The van der Waals surface area contributed by atoms with Crippen molar-refractivity contribution in [2.75, 3.05) is 18.4 Å². The number of fused-ring (bicyclic) bond motifs is 2. The fraction of sp³-hybridized carbons (Fsp3) is 0.176. The summed E-state index contributed by atoms with van der Waals surface area (Å²) < 4.78 is 0. The van der Waals surface area contributed by atoms with Crippen molar-refractivity contribution < 1.29 is 4.79 Å². The number of halogens is 1. The number of hydrogen-bond donors (Lipinski definition) is 1. The number of carbonyl (C=O) groups excluding carboxylic acids is 1. The van der Waals surface area contributed by atoms with Crippen LogP contribution in [0.5, 0.6) is 0 Å². The lowest BCUT2D eigenvalue weighted by molar-refractivity contribution is -0.124. The fourth-order valence-electron chi connectivity index (χ4n) is 3.05. The molecule has 0 fully saturated rings. The van der Waals surface area contributed by atoms with Gasteiger partial charge in [0.2, 0.25) is 5.96 Å². The van der Waals surface area contributed by atoms with Crippen molar-refractivity contribution in [2.24, 2.45) is 4.99 Å². The molecule has 2 heterocycles. The van der Waals surface area contributed by atoms with Gasteiger partial charge in [0.25, 0.3) is 5.91 Å². The minimum absolute atomic E-state index is 0.0299. The molecule has 1 atom stereocenters. The zero-order chi connectivity index (χ0) is 15.1. The third-order valence-electron chi connectivity index (χ3n) is 4.12. The van der Waals surface area contributed by atoms with E-state index >= 15 is 0 Å². The van der Waals surface area contributed by atoms with Crippen LogP contribution in [0.2, 0.25) is 5.02 Å². The number of nitrogens with one attached hydrogen (secondary N) is 1. The van der Waals surface area contributed by atoms with Gasteiger partial charge in [0.05, 0.1) is 0 Å². The molecule has 4 rings (SSSR count). The number of rotatable bonds is 1. The summed E-state index contributed by atoms with van der Waals surface area (Å²) in [5, 5.41) is 3.99. The van der Waals surface area contributed by atoms with E-state index in [4.69, 9.17) is 11.6 Å². The highest BCUT2D eigenvalue weighted by atomic mass is 35.5. The number of aliphatic imine (C=N–C) groups is 1. The van der Waals surface area contributed by atoms with Crippen molar-refractivity contribution in [2.45, 2.75) is 5.92 Å². The lowest BCUT2D eigenvalue weighted by Gasteiger charge is -2.21. The van der Waals surface area contributed by atoms with Crippen LogP contribution in [0.1, 0.15) is 17.0 Å². The van der Waals surface area contributed by atoms with E-state index < -0.39 is 0 Å². The number of guanidine groups is 1. The second-order valence-electron chi connectivity index (χ2n) is 5.46. The molecule has 0 spiro atoms. The van der Waals surface area contributed by atoms with Gasteiger partial charge < -0.3 is 5.32 Å². The monoisotopic (exact) mass is 311 g/mol. The van der Waals surface area contributed by atoms with Crippen molar-refractivity contribution in [1.82, 2.24) is 4.90 Å². The highest BCUT2D eigenvalue weighted by molar-refractivity contribution is 6.30. The summed E-state index contributed by atoms with van der Waals surface area (Å²) in [4.78, 5) is 18.1. The van der Waals surface area contributed by atoms with Crippen LogP contribution in [0.15, 0.2) is 53.5 Å². The first-order valence-electron chi connectivity index (χ1n) is 7.18. The van der Waals surface area contributed by atoms with E-state index in [1.54, 1.807) is 4.90 Å². The second-order valence-corrected chi connectivity index (χ2v) is 5.90. The average molecular weight is 312 g/mol. The molecule has 0 saturated heterocycles. The summed E-state index contributed by atoms with van der Waals surface area (Å²) in [6.07, 6.45) is 0. The Balaban J connectivity index is 1.85. The van der Waals surface area contributed by atoms with Gasteiger partial charge in [-0.25, -0.2) is 4.99 Å². The molecule has 2 aliphatic rings. The quantitative estimate of drug-likeness (QED) is 0.879. The van der Waals surface area contributed by atoms with Crippen molar-refractivity contribution >= 4 is 29.2 Å². The lowest BCUT2D eigenvalue weighted by Crippen LogP contribution is -2.37. The van der Waals surface area contributed by atoms with Gasteiger partial charge in [-0.15, -0.1) is 0 Å². The first kappa shape index (κ1) is 13.3. The zero-order valence-electron chi connectivity index (χ0n) is 11.8. The summed E-state index contributed by atoms with van der Waals surface area (Å²) >= 11 is 6.15. The van der Waals surface area contributed by atoms with E-state index in [0.29, 0.717) is 17.5 Å². The van der Waals surface area contributed by atoms with Gasteiger partial charge in [0.15, 0.2) is 0 Å². The molecule has 0 aliphatic carbocycles. The Morgan fingerprint density at radius 2 is 2.05 bits per heavy atom. The molecule has 2 aromatic rings. The zero-order valence-corrected chi connectivity index (χ0v) is 12.5. The Morgan fingerprint density at radius 1 is 1.18 bits per heavy atom. The smallest absolute Gasteiger partial charge is 0.251 e. The van der Waals surface area contributed by atoms with Crippen LogP contribution in [0.4, 0.5) is 5.69 Å². The van der Waals surface area contributed by atoms with E-state index in [1.807, 2.05) is 36.4 Å². The van der Waals surface area contributed by atoms with Crippen LogP contribution in [0, 0.1) is 0 Å². The highest BCUT2D eigenvalue weighted by Gasteiger charge is 2.33. The van der Waals surface area contributed by atoms with Gasteiger partial charge in [-0.05, 0) is 29.3 Å². The van der Waals surface area contributed by atoms with Crippen molar-refractivity contribution in [3.8, 4) is 0 Å². The normalized spacial score (nSPS) is 19.9. The van der Waals surface area contributed by atoms with Crippen molar-refractivity contribution in [3.63, 3.8) is 0 Å². The highest BCUT2D eigenvalue weighted by Crippen LogP contribution is 2.35. The van der Waals surface area contributed by atoms with Gasteiger partial charge in [-0.2, -0.15) is 0 Å². The standard InChI is InChI=1S/C17H14ClN3O/c18-12-5-3-4-11(8-12)14-10-21-16(22)9-19-17(21)20-15-7-2-1-6-13(14)15/h1-8,14H,9-10H2,(H,19,20). The predicted octanol–water partition coefficient (Wildman–Crippen LogP) is 3.10. The molecule has 1 N–H and O–H groups in total. The number of para-hydroxylation sites is 1. The van der Waals surface area contributed by atoms with Gasteiger partial charge >= 0.3 is 0 Å². The van der Waals surface area contributed by atoms with Crippen LogP contribution in [0.3, 0.4) is 0 Å². The van der Waals surface area contributed by atoms with Gasteiger partial charge in [-0.3, -0.25) is 9.69 Å². The number of benzene rings is 2. The second kappa shape index (κ2) is 5.14. The molecule has 110 valence electrons. The van der Waals surface area contributed by atoms with Crippen LogP contribution < -0.4 is 5.32 Å². The first-order chi connectivity index (χ1) is 10.7. The Hall–Kier alpha value is -2.33. The summed E-state index contributed by atoms with van der Waals surface area (Å²) in [6.45, 7) is 0.786. The maximum absolute atomic E-state index is 12.1. The Labute approximate surface area is 133 Å². The Bertz CT molecular complexity index is 787. The number of amides is 1. The van der Waals surface area contributed by atoms with E-state index in [-0.39, 0.29) is 18.4 Å². The van der Waals surface area contributed by atoms with Crippen LogP contribution in [0.25, 0.3) is 0 Å². The molecule has 0 saturated carbocycles. The van der Waals surface area contributed by atoms with Gasteiger partial charge in [-0.1, -0.05) is 41.9 Å². The minimum Gasteiger partial charge on any atom is -0.326 e. The summed E-state index contributed by atoms with van der Waals surface area (Å²) in [5.41, 5.74) is 3.24. The maximum Gasteiger partial charge on any atom is 0.251 e. The first-order valence-corrected chi connectivity index (χ1v) is 7.56. The molecular weight excluding hydrogens is 298 g/mol. The lowest BCUT2D eigenvalue weighted by atomic mass is 9.90. The molecule has 2 aliphatic heterocycles.